The lowest BCUT2D eigenvalue weighted by atomic mass is 9.76. The normalized spacial score (nSPS) is 19.9. The summed E-state index contributed by atoms with van der Waals surface area (Å²) in [6.07, 6.45) is 5.36. The number of fused-ring (bicyclic) bond motifs is 1. The van der Waals surface area contributed by atoms with Gasteiger partial charge in [0.05, 0.1) is 17.3 Å². The number of carbonyl (C=O) groups excluding carboxylic acids is 1. The highest BCUT2D eigenvalue weighted by Gasteiger charge is 2.33. The zero-order valence-corrected chi connectivity index (χ0v) is 14.1. The van der Waals surface area contributed by atoms with Crippen LogP contribution in [0.5, 0.6) is 0 Å². The Morgan fingerprint density at radius 3 is 2.88 bits per heavy atom. The van der Waals surface area contributed by atoms with Crippen molar-refractivity contribution in [3.05, 3.63) is 70.5 Å². The Bertz CT molecular complexity index is 912. The first kappa shape index (κ1) is 15.2. The van der Waals surface area contributed by atoms with Crippen LogP contribution in [-0.2, 0) is 0 Å². The molecule has 122 valence electrons. The SMILES string of the molecule is Cc1ccn2ncc(C(=O)NC3CC(c4ccccc4Cl)C3)c2c1. The summed E-state index contributed by atoms with van der Waals surface area (Å²) in [6.45, 7) is 2.01. The zero-order chi connectivity index (χ0) is 16.7. The van der Waals surface area contributed by atoms with Gasteiger partial charge in [0, 0.05) is 17.3 Å². The fraction of sp³-hybridized carbons (Fsp3) is 0.263. The van der Waals surface area contributed by atoms with E-state index in [4.69, 9.17) is 11.6 Å². The zero-order valence-electron chi connectivity index (χ0n) is 13.4. The van der Waals surface area contributed by atoms with Gasteiger partial charge in [-0.2, -0.15) is 5.10 Å². The second-order valence-corrected chi connectivity index (χ2v) is 6.86. The largest absolute Gasteiger partial charge is 0.349 e. The van der Waals surface area contributed by atoms with Crippen LogP contribution in [0.15, 0.2) is 48.8 Å². The van der Waals surface area contributed by atoms with Crippen LogP contribution in [0.1, 0.15) is 40.2 Å². The number of rotatable bonds is 3. The van der Waals surface area contributed by atoms with E-state index < -0.39 is 0 Å². The topological polar surface area (TPSA) is 46.4 Å². The van der Waals surface area contributed by atoms with Gasteiger partial charge in [0.15, 0.2) is 0 Å². The minimum atomic E-state index is -0.0572. The molecule has 0 atom stereocenters. The standard InChI is InChI=1S/C19H18ClN3O/c1-12-6-7-23-18(8-12)16(11-21-23)19(24)22-14-9-13(10-14)15-4-2-3-5-17(15)20/h2-8,11,13-14H,9-10H2,1H3,(H,22,24). The van der Waals surface area contributed by atoms with Crippen LogP contribution < -0.4 is 5.32 Å². The molecule has 1 fully saturated rings. The van der Waals surface area contributed by atoms with Crippen LogP contribution in [0.2, 0.25) is 5.02 Å². The predicted octanol–water partition coefficient (Wildman–Crippen LogP) is 3.97. The lowest BCUT2D eigenvalue weighted by Crippen LogP contribution is -2.43. The molecule has 1 aliphatic carbocycles. The number of aryl methyl sites for hydroxylation is 1. The molecule has 1 N–H and O–H groups in total. The van der Waals surface area contributed by atoms with Crippen LogP contribution in [0.25, 0.3) is 5.52 Å². The van der Waals surface area contributed by atoms with Crippen molar-refractivity contribution < 1.29 is 4.79 Å². The number of halogens is 1. The number of benzene rings is 1. The van der Waals surface area contributed by atoms with Crippen molar-refractivity contribution in [1.82, 2.24) is 14.9 Å². The molecular formula is C19H18ClN3O. The number of amides is 1. The number of pyridine rings is 1. The quantitative estimate of drug-likeness (QED) is 0.784. The summed E-state index contributed by atoms with van der Waals surface area (Å²) in [5, 5.41) is 8.17. The number of hydrogen-bond donors (Lipinski definition) is 1. The third-order valence-electron chi connectivity index (χ3n) is 4.74. The molecule has 0 unspecified atom stereocenters. The summed E-state index contributed by atoms with van der Waals surface area (Å²) >= 11 is 6.25. The van der Waals surface area contributed by atoms with Crippen molar-refractivity contribution >= 4 is 23.0 Å². The third kappa shape index (κ3) is 2.67. The predicted molar refractivity (Wildman–Crippen MR) is 94.6 cm³/mol. The first-order valence-electron chi connectivity index (χ1n) is 8.11. The molecule has 1 aromatic carbocycles. The van der Waals surface area contributed by atoms with E-state index in [2.05, 4.69) is 16.5 Å². The van der Waals surface area contributed by atoms with Gasteiger partial charge in [-0.15, -0.1) is 0 Å². The Morgan fingerprint density at radius 2 is 2.08 bits per heavy atom. The van der Waals surface area contributed by atoms with Crippen LogP contribution in [0.3, 0.4) is 0 Å². The minimum absolute atomic E-state index is 0.0572. The average Bonchev–Trinajstić information content (AvgIpc) is 2.94. The highest BCUT2D eigenvalue weighted by Crippen LogP contribution is 2.40. The molecule has 1 amide bonds. The van der Waals surface area contributed by atoms with Gasteiger partial charge in [0.2, 0.25) is 0 Å². The highest BCUT2D eigenvalue weighted by molar-refractivity contribution is 6.31. The van der Waals surface area contributed by atoms with E-state index in [1.807, 2.05) is 43.5 Å². The number of carbonyl (C=O) groups is 1. The minimum Gasteiger partial charge on any atom is -0.349 e. The molecule has 3 aromatic rings. The second-order valence-electron chi connectivity index (χ2n) is 6.45. The summed E-state index contributed by atoms with van der Waals surface area (Å²) < 4.78 is 1.73. The molecule has 0 bridgehead atoms. The van der Waals surface area contributed by atoms with Crippen molar-refractivity contribution in [2.24, 2.45) is 0 Å². The molecule has 0 saturated heterocycles. The van der Waals surface area contributed by atoms with Crippen LogP contribution in [0.4, 0.5) is 0 Å². The molecule has 4 rings (SSSR count). The fourth-order valence-corrected chi connectivity index (χ4v) is 3.61. The molecule has 0 radical (unpaired) electrons. The lowest BCUT2D eigenvalue weighted by molar-refractivity contribution is 0.0910. The van der Waals surface area contributed by atoms with Crippen LogP contribution in [-0.4, -0.2) is 21.6 Å². The van der Waals surface area contributed by atoms with Gasteiger partial charge in [-0.3, -0.25) is 4.79 Å². The maximum atomic E-state index is 12.6. The van der Waals surface area contributed by atoms with Gasteiger partial charge < -0.3 is 5.32 Å². The molecule has 1 saturated carbocycles. The van der Waals surface area contributed by atoms with Gasteiger partial charge in [0.1, 0.15) is 0 Å². The molecule has 0 spiro atoms. The summed E-state index contributed by atoms with van der Waals surface area (Å²) in [6, 6.07) is 12.1. The van der Waals surface area contributed by atoms with E-state index in [1.54, 1.807) is 10.7 Å². The van der Waals surface area contributed by atoms with Crippen molar-refractivity contribution in [1.29, 1.82) is 0 Å². The van der Waals surface area contributed by atoms with Crippen LogP contribution >= 0.6 is 11.6 Å². The van der Waals surface area contributed by atoms with Crippen molar-refractivity contribution in [3.63, 3.8) is 0 Å². The van der Waals surface area contributed by atoms with Gasteiger partial charge in [-0.25, -0.2) is 4.52 Å². The number of nitrogens with one attached hydrogen (secondary N) is 1. The molecule has 0 aliphatic heterocycles. The first-order chi connectivity index (χ1) is 11.6. The van der Waals surface area contributed by atoms with Crippen LogP contribution in [0, 0.1) is 6.92 Å². The van der Waals surface area contributed by atoms with E-state index in [0.29, 0.717) is 11.5 Å². The average molecular weight is 340 g/mol. The van der Waals surface area contributed by atoms with Gasteiger partial charge in [-0.05, 0) is 55.0 Å². The summed E-state index contributed by atoms with van der Waals surface area (Å²) in [5.41, 5.74) is 3.75. The van der Waals surface area contributed by atoms with E-state index in [9.17, 15) is 4.79 Å². The highest BCUT2D eigenvalue weighted by atomic mass is 35.5. The Balaban J connectivity index is 1.44. The van der Waals surface area contributed by atoms with E-state index >= 15 is 0 Å². The van der Waals surface area contributed by atoms with E-state index in [0.717, 1.165) is 28.9 Å². The smallest absolute Gasteiger partial charge is 0.255 e. The Hall–Kier alpha value is -2.33. The van der Waals surface area contributed by atoms with E-state index in [-0.39, 0.29) is 11.9 Å². The fourth-order valence-electron chi connectivity index (χ4n) is 3.32. The van der Waals surface area contributed by atoms with Gasteiger partial charge >= 0.3 is 0 Å². The van der Waals surface area contributed by atoms with Crippen molar-refractivity contribution in [2.45, 2.75) is 31.7 Å². The monoisotopic (exact) mass is 339 g/mol. The number of nitrogens with zero attached hydrogens (tertiary/aromatic N) is 2. The number of aromatic nitrogens is 2. The summed E-state index contributed by atoms with van der Waals surface area (Å²) in [5.74, 6) is 0.369. The first-order valence-corrected chi connectivity index (χ1v) is 8.49. The summed E-state index contributed by atoms with van der Waals surface area (Å²) in [4.78, 5) is 12.6. The summed E-state index contributed by atoms with van der Waals surface area (Å²) in [7, 11) is 0. The second kappa shape index (κ2) is 5.95. The molecular weight excluding hydrogens is 322 g/mol. The lowest BCUT2D eigenvalue weighted by Gasteiger charge is -2.36. The van der Waals surface area contributed by atoms with Crippen molar-refractivity contribution in [2.75, 3.05) is 0 Å². The molecule has 2 heterocycles. The Kier molecular flexibility index (Phi) is 3.77. The van der Waals surface area contributed by atoms with Gasteiger partial charge in [0.25, 0.3) is 5.91 Å². The molecule has 1 aliphatic rings. The molecule has 5 heteroatoms. The third-order valence-corrected chi connectivity index (χ3v) is 5.08. The van der Waals surface area contributed by atoms with E-state index in [1.165, 1.54) is 5.56 Å². The Morgan fingerprint density at radius 1 is 1.29 bits per heavy atom. The molecule has 24 heavy (non-hydrogen) atoms. The Labute approximate surface area is 145 Å². The molecule has 2 aromatic heterocycles. The van der Waals surface area contributed by atoms with Crippen molar-refractivity contribution in [3.8, 4) is 0 Å². The maximum absolute atomic E-state index is 12.6. The number of hydrogen-bond acceptors (Lipinski definition) is 2. The van der Waals surface area contributed by atoms with Gasteiger partial charge in [-0.1, -0.05) is 29.8 Å². The molecule has 4 nitrogen and oxygen atoms in total. The maximum Gasteiger partial charge on any atom is 0.255 e.